The highest BCUT2D eigenvalue weighted by atomic mass is 79.9. The lowest BCUT2D eigenvalue weighted by Crippen LogP contribution is -1.92. The number of nitrogens with zero attached hydrogens (tertiary/aromatic N) is 2. The van der Waals surface area contributed by atoms with Crippen molar-refractivity contribution in [3.05, 3.63) is 58.3 Å². The van der Waals surface area contributed by atoms with Crippen molar-refractivity contribution in [3.8, 4) is 11.6 Å². The van der Waals surface area contributed by atoms with E-state index in [2.05, 4.69) is 36.8 Å². The zero-order valence-electron chi connectivity index (χ0n) is 10.8. The highest BCUT2D eigenvalue weighted by Crippen LogP contribution is 2.32. The normalized spacial score (nSPS) is 10.9. The van der Waals surface area contributed by atoms with Gasteiger partial charge in [0, 0.05) is 11.5 Å². The summed E-state index contributed by atoms with van der Waals surface area (Å²) >= 11 is 7.02. The molecule has 2 aromatic heterocycles. The van der Waals surface area contributed by atoms with E-state index in [1.807, 2.05) is 53.9 Å². The molecule has 0 aliphatic rings. The number of hydrogen-bond acceptors (Lipinski definition) is 2. The quantitative estimate of drug-likeness (QED) is 0.577. The van der Waals surface area contributed by atoms with Gasteiger partial charge in [-0.3, -0.25) is 4.40 Å². The van der Waals surface area contributed by atoms with E-state index in [0.717, 1.165) is 21.6 Å². The Morgan fingerprint density at radius 3 is 2.85 bits per heavy atom. The molecular formula is C15H12Br2N2O. The largest absolute Gasteiger partial charge is 0.436 e. The SMILES string of the molecule is Cc1ccc(Oc2nc3ccccn3c2CBr)c(Br)c1. The molecule has 0 spiro atoms. The third-order valence-electron chi connectivity index (χ3n) is 3.01. The molecule has 2 heterocycles. The summed E-state index contributed by atoms with van der Waals surface area (Å²) in [5.41, 5.74) is 3.05. The first-order chi connectivity index (χ1) is 9.69. The minimum absolute atomic E-state index is 0.623. The van der Waals surface area contributed by atoms with Gasteiger partial charge in [-0.2, -0.15) is 4.98 Å². The zero-order chi connectivity index (χ0) is 14.1. The van der Waals surface area contributed by atoms with E-state index < -0.39 is 0 Å². The maximum absolute atomic E-state index is 5.96. The second-order valence-electron chi connectivity index (χ2n) is 4.46. The third kappa shape index (κ3) is 2.47. The lowest BCUT2D eigenvalue weighted by Gasteiger charge is -2.07. The smallest absolute Gasteiger partial charge is 0.242 e. The van der Waals surface area contributed by atoms with Gasteiger partial charge in [-0.1, -0.05) is 28.1 Å². The summed E-state index contributed by atoms with van der Waals surface area (Å²) in [5.74, 6) is 1.39. The van der Waals surface area contributed by atoms with Crippen LogP contribution < -0.4 is 4.74 Å². The van der Waals surface area contributed by atoms with Crippen molar-refractivity contribution < 1.29 is 4.74 Å². The number of aryl methyl sites for hydroxylation is 1. The molecule has 3 aromatic rings. The molecule has 0 fully saturated rings. The van der Waals surface area contributed by atoms with Gasteiger partial charge in [0.2, 0.25) is 5.88 Å². The molecule has 0 aliphatic carbocycles. The highest BCUT2D eigenvalue weighted by molar-refractivity contribution is 9.10. The van der Waals surface area contributed by atoms with Crippen LogP contribution in [0.5, 0.6) is 11.6 Å². The first kappa shape index (κ1) is 13.6. The number of aromatic nitrogens is 2. The first-order valence-corrected chi connectivity index (χ1v) is 8.06. The Morgan fingerprint density at radius 2 is 2.10 bits per heavy atom. The lowest BCUT2D eigenvalue weighted by atomic mass is 10.2. The average Bonchev–Trinajstić information content (AvgIpc) is 2.79. The van der Waals surface area contributed by atoms with E-state index in [1.165, 1.54) is 5.56 Å². The van der Waals surface area contributed by atoms with E-state index >= 15 is 0 Å². The van der Waals surface area contributed by atoms with Crippen LogP contribution >= 0.6 is 31.9 Å². The highest BCUT2D eigenvalue weighted by Gasteiger charge is 2.14. The van der Waals surface area contributed by atoms with Gasteiger partial charge in [-0.05, 0) is 52.7 Å². The van der Waals surface area contributed by atoms with E-state index in [0.29, 0.717) is 11.2 Å². The molecule has 0 bridgehead atoms. The Kier molecular flexibility index (Phi) is 3.81. The molecule has 0 saturated carbocycles. The maximum Gasteiger partial charge on any atom is 0.242 e. The molecule has 0 N–H and O–H groups in total. The molecule has 0 radical (unpaired) electrons. The van der Waals surface area contributed by atoms with E-state index in [4.69, 9.17) is 4.74 Å². The molecule has 0 saturated heterocycles. The minimum atomic E-state index is 0.623. The number of hydrogen-bond donors (Lipinski definition) is 0. The summed E-state index contributed by atoms with van der Waals surface area (Å²) in [6, 6.07) is 11.9. The topological polar surface area (TPSA) is 26.5 Å². The van der Waals surface area contributed by atoms with Gasteiger partial charge in [0.15, 0.2) is 0 Å². The molecule has 20 heavy (non-hydrogen) atoms. The number of benzene rings is 1. The van der Waals surface area contributed by atoms with Crippen LogP contribution in [0.1, 0.15) is 11.3 Å². The van der Waals surface area contributed by atoms with Gasteiger partial charge in [0.05, 0.1) is 10.2 Å². The number of imidazole rings is 1. The van der Waals surface area contributed by atoms with Crippen LogP contribution in [-0.4, -0.2) is 9.38 Å². The van der Waals surface area contributed by atoms with Crippen LogP contribution in [0.25, 0.3) is 5.65 Å². The summed E-state index contributed by atoms with van der Waals surface area (Å²) in [4.78, 5) is 4.53. The van der Waals surface area contributed by atoms with Crippen molar-refractivity contribution in [2.45, 2.75) is 12.3 Å². The van der Waals surface area contributed by atoms with Crippen molar-refractivity contribution in [1.82, 2.24) is 9.38 Å². The van der Waals surface area contributed by atoms with Gasteiger partial charge in [-0.15, -0.1) is 0 Å². The van der Waals surface area contributed by atoms with Gasteiger partial charge in [0.1, 0.15) is 11.4 Å². The fourth-order valence-corrected chi connectivity index (χ4v) is 3.11. The van der Waals surface area contributed by atoms with Crippen LogP contribution in [-0.2, 0) is 5.33 Å². The molecule has 5 heteroatoms. The van der Waals surface area contributed by atoms with Crippen molar-refractivity contribution in [3.63, 3.8) is 0 Å². The lowest BCUT2D eigenvalue weighted by molar-refractivity contribution is 0.459. The Balaban J connectivity index is 2.06. The number of ether oxygens (including phenoxy) is 1. The van der Waals surface area contributed by atoms with Crippen molar-refractivity contribution in [2.75, 3.05) is 0 Å². The van der Waals surface area contributed by atoms with Crippen molar-refractivity contribution >= 4 is 37.5 Å². The molecular weight excluding hydrogens is 384 g/mol. The van der Waals surface area contributed by atoms with Crippen molar-refractivity contribution in [1.29, 1.82) is 0 Å². The second-order valence-corrected chi connectivity index (χ2v) is 5.88. The predicted octanol–water partition coefficient (Wildman–Crippen LogP) is 5.09. The van der Waals surface area contributed by atoms with Crippen LogP contribution in [0.15, 0.2) is 47.1 Å². The van der Waals surface area contributed by atoms with Gasteiger partial charge < -0.3 is 4.74 Å². The molecule has 0 amide bonds. The Bertz CT molecular complexity index is 768. The van der Waals surface area contributed by atoms with E-state index in [9.17, 15) is 0 Å². The van der Waals surface area contributed by atoms with Gasteiger partial charge >= 0.3 is 0 Å². The van der Waals surface area contributed by atoms with Crippen LogP contribution in [0.4, 0.5) is 0 Å². The summed E-state index contributed by atoms with van der Waals surface area (Å²) in [6.07, 6.45) is 1.98. The van der Waals surface area contributed by atoms with Crippen LogP contribution in [0, 0.1) is 6.92 Å². The second kappa shape index (κ2) is 5.58. The van der Waals surface area contributed by atoms with Crippen LogP contribution in [0.3, 0.4) is 0 Å². The Hall–Kier alpha value is -1.33. The van der Waals surface area contributed by atoms with Gasteiger partial charge in [-0.25, -0.2) is 0 Å². The summed E-state index contributed by atoms with van der Waals surface area (Å²) in [7, 11) is 0. The fourth-order valence-electron chi connectivity index (χ4n) is 2.02. The van der Waals surface area contributed by atoms with Crippen LogP contribution in [0.2, 0.25) is 0 Å². The molecule has 0 aliphatic heterocycles. The summed E-state index contributed by atoms with van der Waals surface area (Å²) in [6.45, 7) is 2.05. The molecule has 3 nitrogen and oxygen atoms in total. The van der Waals surface area contributed by atoms with E-state index in [1.54, 1.807) is 0 Å². The average molecular weight is 396 g/mol. The van der Waals surface area contributed by atoms with E-state index in [-0.39, 0.29) is 0 Å². The Labute approximate surface area is 133 Å². The monoisotopic (exact) mass is 394 g/mol. The Morgan fingerprint density at radius 1 is 1.25 bits per heavy atom. The fraction of sp³-hybridized carbons (Fsp3) is 0.133. The standard InChI is InChI=1S/C15H12Br2N2O/c1-10-5-6-13(11(17)8-10)20-15-12(9-16)19-7-3-2-4-14(19)18-15/h2-8H,9H2,1H3. The first-order valence-electron chi connectivity index (χ1n) is 6.15. The molecule has 0 unspecified atom stereocenters. The third-order valence-corrected chi connectivity index (χ3v) is 4.16. The van der Waals surface area contributed by atoms with Gasteiger partial charge in [0.25, 0.3) is 0 Å². The number of halogens is 2. The minimum Gasteiger partial charge on any atom is -0.436 e. The molecule has 1 aromatic carbocycles. The number of alkyl halides is 1. The summed E-state index contributed by atoms with van der Waals surface area (Å²) in [5, 5.41) is 0.678. The predicted molar refractivity (Wildman–Crippen MR) is 86.8 cm³/mol. The summed E-state index contributed by atoms with van der Waals surface area (Å²) < 4.78 is 8.91. The molecule has 102 valence electrons. The zero-order valence-corrected chi connectivity index (χ0v) is 14.0. The number of pyridine rings is 1. The van der Waals surface area contributed by atoms with Crippen molar-refractivity contribution in [2.24, 2.45) is 0 Å². The maximum atomic E-state index is 5.96. The molecule has 3 rings (SSSR count). The number of rotatable bonds is 3. The molecule has 0 atom stereocenters. The number of fused-ring (bicyclic) bond motifs is 1.